The van der Waals surface area contributed by atoms with E-state index in [9.17, 15) is 38.2 Å². The molecule has 0 saturated carbocycles. The second kappa shape index (κ2) is 50.6. The van der Waals surface area contributed by atoms with Crippen molar-refractivity contribution in [2.45, 2.75) is 365 Å². The minimum absolute atomic E-state index is 0.225. The van der Waals surface area contributed by atoms with Crippen LogP contribution in [0.4, 0.5) is 0 Å². The molecule has 0 aromatic rings. The first kappa shape index (κ1) is 70.1. The average molecular weight is 1060 g/mol. The van der Waals surface area contributed by atoms with Crippen LogP contribution in [0.15, 0.2) is 0 Å². The molecule has 1 rings (SSSR count). The van der Waals surface area contributed by atoms with Crippen molar-refractivity contribution in [2.24, 2.45) is 0 Å². The van der Waals surface area contributed by atoms with E-state index in [4.69, 9.17) is 9.47 Å². The highest BCUT2D eigenvalue weighted by Crippen LogP contribution is 2.26. The van der Waals surface area contributed by atoms with Crippen LogP contribution in [0.1, 0.15) is 322 Å². The van der Waals surface area contributed by atoms with Crippen LogP contribution in [-0.4, -0.2) is 95.4 Å². The van der Waals surface area contributed by atoms with Crippen LogP contribution >= 0.6 is 0 Å². The van der Waals surface area contributed by atoms with Crippen molar-refractivity contribution < 1.29 is 51.8 Å². The molecule has 0 radical (unpaired) electrons. The Labute approximate surface area is 449 Å². The minimum Gasteiger partial charge on any atom is -0.394 e. The van der Waals surface area contributed by atoms with Crippen molar-refractivity contribution >= 4 is 16.3 Å². The lowest BCUT2D eigenvalue weighted by atomic mass is 9.99. The standard InChI is InChI=1S/C60H119NO11S/c1-3-5-7-9-11-13-14-15-16-17-18-19-20-21-22-23-24-25-26-27-28-29-30-31-32-33-34-35-36-37-38-39-40-42-44-46-48-50-56(64)61-53(54(63)49-47-45-43-41-12-10-8-6-4-2)52-70-60-58(66)59(72-73(67,68)69)57(65)55(51-62)71-60/h53-55,57-60,62-63,65-66H,3-52H2,1-2H3,(H,61,64)(H,67,68,69). The first-order valence-electron chi connectivity index (χ1n) is 31.4. The Hall–Kier alpha value is -0.900. The van der Waals surface area contributed by atoms with Gasteiger partial charge in [0.1, 0.15) is 24.4 Å². The summed E-state index contributed by atoms with van der Waals surface area (Å²) in [5.41, 5.74) is 0. The summed E-state index contributed by atoms with van der Waals surface area (Å²) in [7, 11) is -5.07. The molecule has 0 aromatic carbocycles. The minimum atomic E-state index is -5.07. The molecule has 0 aliphatic carbocycles. The molecule has 13 heteroatoms. The van der Waals surface area contributed by atoms with E-state index in [-0.39, 0.29) is 12.5 Å². The number of carbonyl (C=O) groups excluding carboxylic acids is 1. The first-order chi connectivity index (χ1) is 35.5. The third-order valence-electron chi connectivity index (χ3n) is 15.4. The Bertz CT molecular complexity index is 1290. The van der Waals surface area contributed by atoms with Gasteiger partial charge in [-0.3, -0.25) is 9.35 Å². The third-order valence-corrected chi connectivity index (χ3v) is 15.9. The molecule has 1 fully saturated rings. The molecule has 7 atom stereocenters. The molecule has 1 heterocycles. The van der Waals surface area contributed by atoms with Gasteiger partial charge in [0.25, 0.3) is 0 Å². The number of amides is 1. The zero-order chi connectivity index (χ0) is 53.3. The van der Waals surface area contributed by atoms with Gasteiger partial charge in [-0.1, -0.05) is 303 Å². The fourth-order valence-electron chi connectivity index (χ4n) is 10.6. The van der Waals surface area contributed by atoms with E-state index in [1.807, 2.05) is 0 Å². The van der Waals surface area contributed by atoms with Gasteiger partial charge in [0, 0.05) is 6.42 Å². The van der Waals surface area contributed by atoms with Crippen LogP contribution in [0.2, 0.25) is 0 Å². The molecule has 73 heavy (non-hydrogen) atoms. The van der Waals surface area contributed by atoms with E-state index in [0.717, 1.165) is 51.4 Å². The summed E-state index contributed by atoms with van der Waals surface area (Å²) in [6.45, 7) is 3.46. The van der Waals surface area contributed by atoms with Gasteiger partial charge in [0.15, 0.2) is 6.29 Å². The lowest BCUT2D eigenvalue weighted by molar-refractivity contribution is -0.298. The second-order valence-electron chi connectivity index (χ2n) is 22.4. The molecule has 0 bridgehead atoms. The van der Waals surface area contributed by atoms with Crippen LogP contribution in [0, 0.1) is 0 Å². The third kappa shape index (κ3) is 42.8. The van der Waals surface area contributed by atoms with Crippen molar-refractivity contribution in [2.75, 3.05) is 13.2 Å². The number of ether oxygens (including phenoxy) is 2. The highest BCUT2D eigenvalue weighted by atomic mass is 32.3. The molecule has 1 aliphatic heterocycles. The summed E-state index contributed by atoms with van der Waals surface area (Å²) >= 11 is 0. The fourth-order valence-corrected chi connectivity index (χ4v) is 11.1. The lowest BCUT2D eigenvalue weighted by Gasteiger charge is -2.41. The number of aliphatic hydroxyl groups excluding tert-OH is 4. The number of hydrogen-bond donors (Lipinski definition) is 6. The zero-order valence-electron chi connectivity index (χ0n) is 47.5. The Balaban J connectivity index is 2.07. The molecule has 12 nitrogen and oxygen atoms in total. The number of hydrogen-bond acceptors (Lipinski definition) is 10. The van der Waals surface area contributed by atoms with Crippen LogP contribution in [-0.2, 0) is 28.9 Å². The van der Waals surface area contributed by atoms with E-state index in [1.54, 1.807) is 0 Å². The topological polar surface area (TPSA) is 192 Å². The monoisotopic (exact) mass is 1060 g/mol. The molecular formula is C60H119NO11S. The van der Waals surface area contributed by atoms with E-state index in [0.29, 0.717) is 12.8 Å². The Morgan fingerprint density at radius 3 is 1.10 bits per heavy atom. The molecule has 1 saturated heterocycles. The predicted octanol–water partition coefficient (Wildman–Crippen LogP) is 15.2. The number of nitrogens with one attached hydrogen (secondary N) is 1. The van der Waals surface area contributed by atoms with Crippen LogP contribution in [0.5, 0.6) is 0 Å². The predicted molar refractivity (Wildman–Crippen MR) is 301 cm³/mol. The number of unbranched alkanes of at least 4 members (excludes halogenated alkanes) is 44. The number of rotatable bonds is 56. The van der Waals surface area contributed by atoms with Gasteiger partial charge in [-0.05, 0) is 12.8 Å². The summed E-state index contributed by atoms with van der Waals surface area (Å²) in [5.74, 6) is -0.225. The van der Waals surface area contributed by atoms with Crippen molar-refractivity contribution in [1.82, 2.24) is 5.32 Å². The summed E-state index contributed by atoms with van der Waals surface area (Å²) in [4.78, 5) is 13.1. The fraction of sp³-hybridized carbons (Fsp3) is 0.983. The van der Waals surface area contributed by atoms with Crippen LogP contribution in [0.3, 0.4) is 0 Å². The maximum absolute atomic E-state index is 13.1. The van der Waals surface area contributed by atoms with Crippen molar-refractivity contribution in [3.05, 3.63) is 0 Å². The van der Waals surface area contributed by atoms with Gasteiger partial charge < -0.3 is 35.2 Å². The second-order valence-corrected chi connectivity index (χ2v) is 23.4. The molecule has 1 aliphatic rings. The summed E-state index contributed by atoms with van der Waals surface area (Å²) < 4.78 is 47.7. The van der Waals surface area contributed by atoms with E-state index in [1.165, 1.54) is 244 Å². The lowest BCUT2D eigenvalue weighted by Crippen LogP contribution is -2.61. The van der Waals surface area contributed by atoms with Crippen molar-refractivity contribution in [3.8, 4) is 0 Å². The van der Waals surface area contributed by atoms with Gasteiger partial charge in [0.05, 0.1) is 25.4 Å². The van der Waals surface area contributed by atoms with Crippen molar-refractivity contribution in [1.29, 1.82) is 0 Å². The maximum atomic E-state index is 13.1. The SMILES string of the molecule is CCCCCCCCCCCCCCCCCCCCCCCCCCCCCCCCCCCCCCCC(=O)NC(COC1OC(CO)C(O)C(OS(=O)(=O)O)C1O)C(O)CCCCCCCCCCC. The smallest absolute Gasteiger partial charge is 0.394 e. The molecule has 1 amide bonds. The molecule has 0 spiro atoms. The van der Waals surface area contributed by atoms with Crippen LogP contribution < -0.4 is 5.32 Å². The first-order valence-corrected chi connectivity index (χ1v) is 32.8. The van der Waals surface area contributed by atoms with Crippen molar-refractivity contribution in [3.63, 3.8) is 0 Å². The average Bonchev–Trinajstić information content (AvgIpc) is 3.37. The zero-order valence-corrected chi connectivity index (χ0v) is 48.3. The van der Waals surface area contributed by atoms with Gasteiger partial charge in [-0.25, -0.2) is 4.18 Å². The van der Waals surface area contributed by atoms with Gasteiger partial charge in [-0.15, -0.1) is 0 Å². The largest absolute Gasteiger partial charge is 0.397 e. The quantitative estimate of drug-likeness (QED) is 0.0251. The molecule has 0 aromatic heterocycles. The number of aliphatic hydroxyl groups is 4. The Kier molecular flexibility index (Phi) is 48.6. The van der Waals surface area contributed by atoms with E-state index < -0.39 is 59.9 Å². The van der Waals surface area contributed by atoms with Gasteiger partial charge >= 0.3 is 10.4 Å². The Morgan fingerprint density at radius 2 is 0.795 bits per heavy atom. The number of carbonyl (C=O) groups is 1. The highest BCUT2D eigenvalue weighted by molar-refractivity contribution is 7.80. The van der Waals surface area contributed by atoms with E-state index >= 15 is 0 Å². The Morgan fingerprint density at radius 1 is 0.493 bits per heavy atom. The highest BCUT2D eigenvalue weighted by Gasteiger charge is 2.48. The summed E-state index contributed by atoms with van der Waals surface area (Å²) in [6.07, 6.45) is 51.9. The molecule has 6 N–H and O–H groups in total. The van der Waals surface area contributed by atoms with Gasteiger partial charge in [-0.2, -0.15) is 8.42 Å². The summed E-state index contributed by atoms with van der Waals surface area (Å²) in [5, 5.41) is 44.9. The van der Waals surface area contributed by atoms with Gasteiger partial charge in [0.2, 0.25) is 5.91 Å². The molecule has 7 unspecified atom stereocenters. The normalized spacial score (nSPS) is 19.1. The van der Waals surface area contributed by atoms with Crippen LogP contribution in [0.25, 0.3) is 0 Å². The maximum Gasteiger partial charge on any atom is 0.397 e. The molecule has 436 valence electrons. The molecular weight excluding hydrogens is 943 g/mol. The summed E-state index contributed by atoms with van der Waals surface area (Å²) in [6, 6.07) is -0.851. The van der Waals surface area contributed by atoms with E-state index in [2.05, 4.69) is 23.3 Å².